The van der Waals surface area contributed by atoms with E-state index in [1.807, 2.05) is 36.5 Å². The molecule has 1 atom stereocenters. The first-order valence-corrected chi connectivity index (χ1v) is 12.2. The van der Waals surface area contributed by atoms with E-state index in [-0.39, 0.29) is 5.91 Å². The second-order valence-corrected chi connectivity index (χ2v) is 9.98. The van der Waals surface area contributed by atoms with Crippen molar-refractivity contribution in [3.8, 4) is 11.1 Å². The van der Waals surface area contributed by atoms with Crippen molar-refractivity contribution in [2.75, 3.05) is 57.9 Å². The van der Waals surface area contributed by atoms with Gasteiger partial charge in [-0.15, -0.1) is 11.3 Å². The maximum Gasteiger partial charge on any atom is 0.263 e. The highest BCUT2D eigenvalue weighted by Crippen LogP contribution is 2.39. The number of carbonyl (C=O) groups is 1. The number of pyridine rings is 1. The van der Waals surface area contributed by atoms with Gasteiger partial charge >= 0.3 is 0 Å². The molecule has 0 unspecified atom stereocenters. The summed E-state index contributed by atoms with van der Waals surface area (Å²) in [5.41, 5.74) is 2.23. The Balaban J connectivity index is 1.52. The molecule has 168 valence electrons. The number of amides is 1. The third-order valence-corrected chi connectivity index (χ3v) is 7.56. The number of morpholine rings is 1. The Labute approximate surface area is 189 Å². The van der Waals surface area contributed by atoms with Gasteiger partial charge in [-0.1, -0.05) is 0 Å². The zero-order valence-corrected chi connectivity index (χ0v) is 19.7. The molecule has 2 aliphatic heterocycles. The first kappa shape index (κ1) is 22.2. The fraction of sp³-hybridized carbons (Fsp3) is 0.583. The Hall–Kier alpha value is -1.96. The van der Waals surface area contributed by atoms with Crippen molar-refractivity contribution in [3.63, 3.8) is 0 Å². The summed E-state index contributed by atoms with van der Waals surface area (Å²) in [5.74, 6) is 0.671. The Morgan fingerprint density at radius 3 is 2.71 bits per heavy atom. The first-order chi connectivity index (χ1) is 15.0. The molecule has 4 rings (SSSR count). The van der Waals surface area contributed by atoms with E-state index in [1.54, 1.807) is 11.3 Å². The van der Waals surface area contributed by atoms with E-state index in [2.05, 4.69) is 34.7 Å². The Morgan fingerprint density at radius 2 is 2.00 bits per heavy atom. The summed E-state index contributed by atoms with van der Waals surface area (Å²) in [7, 11) is 1.96. The summed E-state index contributed by atoms with van der Waals surface area (Å²) < 4.78 is 5.54. The van der Waals surface area contributed by atoms with Crippen molar-refractivity contribution in [2.24, 2.45) is 5.92 Å². The molecule has 0 N–H and O–H groups in total. The lowest BCUT2D eigenvalue weighted by Gasteiger charge is -2.36. The van der Waals surface area contributed by atoms with Crippen LogP contribution in [-0.4, -0.2) is 79.7 Å². The minimum atomic E-state index is 0.126. The van der Waals surface area contributed by atoms with Crippen LogP contribution < -0.4 is 4.90 Å². The predicted molar refractivity (Wildman–Crippen MR) is 127 cm³/mol. The fourth-order valence-corrected chi connectivity index (χ4v) is 5.83. The van der Waals surface area contributed by atoms with Gasteiger partial charge in [0.1, 0.15) is 0 Å². The normalized spacial score (nSPS) is 20.3. The van der Waals surface area contributed by atoms with E-state index < -0.39 is 0 Å². The second-order valence-electron chi connectivity index (χ2n) is 8.95. The van der Waals surface area contributed by atoms with Crippen molar-refractivity contribution in [2.45, 2.75) is 32.7 Å². The molecule has 2 aromatic heterocycles. The largest absolute Gasteiger partial charge is 0.378 e. The zero-order chi connectivity index (χ0) is 21.8. The molecular formula is C24H34N4O2S. The molecule has 0 spiro atoms. The molecule has 2 saturated heterocycles. The van der Waals surface area contributed by atoms with Gasteiger partial charge in [0.2, 0.25) is 0 Å². The van der Waals surface area contributed by atoms with Crippen molar-refractivity contribution >= 4 is 22.2 Å². The van der Waals surface area contributed by atoms with Gasteiger partial charge in [0.15, 0.2) is 0 Å². The van der Waals surface area contributed by atoms with Crippen molar-refractivity contribution in [1.82, 2.24) is 14.8 Å². The number of aromatic nitrogens is 1. The smallest absolute Gasteiger partial charge is 0.263 e. The summed E-state index contributed by atoms with van der Waals surface area (Å²) >= 11 is 1.61. The lowest BCUT2D eigenvalue weighted by molar-refractivity contribution is 0.0713. The maximum atomic E-state index is 13.4. The van der Waals surface area contributed by atoms with Crippen LogP contribution in [0.1, 0.15) is 36.4 Å². The van der Waals surface area contributed by atoms with E-state index in [0.29, 0.717) is 12.0 Å². The first-order valence-electron chi connectivity index (χ1n) is 11.4. The van der Waals surface area contributed by atoms with Crippen LogP contribution >= 0.6 is 11.3 Å². The molecule has 2 aromatic rings. The van der Waals surface area contributed by atoms with Crippen LogP contribution in [0.25, 0.3) is 11.1 Å². The van der Waals surface area contributed by atoms with E-state index in [0.717, 1.165) is 60.4 Å². The highest BCUT2D eigenvalue weighted by molar-refractivity contribution is 7.18. The van der Waals surface area contributed by atoms with Gasteiger partial charge in [-0.25, -0.2) is 0 Å². The van der Waals surface area contributed by atoms with Crippen LogP contribution in [0.4, 0.5) is 5.00 Å². The van der Waals surface area contributed by atoms with Gasteiger partial charge in [0.25, 0.3) is 5.91 Å². The fourth-order valence-electron chi connectivity index (χ4n) is 4.60. The number of hydrogen-bond acceptors (Lipinski definition) is 6. The van der Waals surface area contributed by atoms with E-state index in [9.17, 15) is 4.79 Å². The number of nitrogens with zero attached hydrogens (tertiary/aromatic N) is 4. The van der Waals surface area contributed by atoms with Crippen molar-refractivity contribution < 1.29 is 9.53 Å². The van der Waals surface area contributed by atoms with Crippen LogP contribution in [0.3, 0.4) is 0 Å². The topological polar surface area (TPSA) is 48.9 Å². The number of ether oxygens (including phenoxy) is 1. The molecule has 0 saturated carbocycles. The molecule has 0 radical (unpaired) electrons. The average molecular weight is 443 g/mol. The Bertz CT molecular complexity index is 864. The third-order valence-electron chi connectivity index (χ3n) is 6.37. The molecule has 0 bridgehead atoms. The van der Waals surface area contributed by atoms with Gasteiger partial charge in [0.05, 0.1) is 23.1 Å². The molecule has 2 fully saturated rings. The van der Waals surface area contributed by atoms with Gasteiger partial charge in [0, 0.05) is 57.2 Å². The number of rotatable bonds is 6. The Morgan fingerprint density at radius 1 is 1.26 bits per heavy atom. The van der Waals surface area contributed by atoms with E-state index in [4.69, 9.17) is 4.74 Å². The van der Waals surface area contributed by atoms with Gasteiger partial charge in [-0.3, -0.25) is 9.78 Å². The lowest BCUT2D eigenvalue weighted by atomic mass is 9.96. The number of hydrogen-bond donors (Lipinski definition) is 0. The van der Waals surface area contributed by atoms with Crippen molar-refractivity contribution in [3.05, 3.63) is 35.5 Å². The number of likely N-dealkylation sites (tertiary alicyclic amines) is 1. The monoisotopic (exact) mass is 442 g/mol. The molecule has 4 heterocycles. The van der Waals surface area contributed by atoms with E-state index in [1.165, 1.54) is 19.4 Å². The molecule has 6 nitrogen and oxygen atoms in total. The number of carbonyl (C=O) groups excluding carboxylic acids is 1. The van der Waals surface area contributed by atoms with Gasteiger partial charge in [-0.05, 0) is 62.9 Å². The summed E-state index contributed by atoms with van der Waals surface area (Å²) in [4.78, 5) is 25.2. The minimum Gasteiger partial charge on any atom is -0.378 e. The third kappa shape index (κ3) is 5.27. The predicted octanol–water partition coefficient (Wildman–Crippen LogP) is 3.84. The maximum absolute atomic E-state index is 13.4. The second kappa shape index (κ2) is 10.1. The quantitative estimate of drug-likeness (QED) is 0.680. The SMILES string of the molecule is CC(C)N1CCC[C@H](CN(C)C(=O)c2cc(-c3ccncc3)c(N3CCOCC3)s2)C1. The standard InChI is InChI=1S/C24H34N4O2S/c1-18(2)28-10-4-5-19(17-28)16-26(3)23(29)22-15-21(20-6-8-25-9-7-20)24(31-22)27-11-13-30-14-12-27/h6-9,15,18-19H,4-5,10-14,16-17H2,1-3H3/t19-/m1/s1. The number of piperidine rings is 1. The van der Waals surface area contributed by atoms with Crippen LogP contribution in [0, 0.1) is 5.92 Å². The molecule has 1 amide bonds. The molecular weight excluding hydrogens is 408 g/mol. The molecule has 2 aliphatic rings. The summed E-state index contributed by atoms with van der Waals surface area (Å²) in [6, 6.07) is 6.68. The summed E-state index contributed by atoms with van der Waals surface area (Å²) in [6.07, 6.45) is 6.05. The molecule has 7 heteroatoms. The van der Waals surface area contributed by atoms with Crippen molar-refractivity contribution in [1.29, 1.82) is 0 Å². The van der Waals surface area contributed by atoms with Crippen LogP contribution in [0.15, 0.2) is 30.6 Å². The molecule has 31 heavy (non-hydrogen) atoms. The number of thiophene rings is 1. The number of anilines is 1. The van der Waals surface area contributed by atoms with Crippen LogP contribution in [0.5, 0.6) is 0 Å². The average Bonchev–Trinajstić information content (AvgIpc) is 3.25. The van der Waals surface area contributed by atoms with Crippen LogP contribution in [0.2, 0.25) is 0 Å². The zero-order valence-electron chi connectivity index (χ0n) is 18.9. The molecule has 0 aliphatic carbocycles. The van der Waals surface area contributed by atoms with Gasteiger partial charge < -0.3 is 19.4 Å². The lowest BCUT2D eigenvalue weighted by Crippen LogP contribution is -2.44. The highest BCUT2D eigenvalue weighted by Gasteiger charge is 2.27. The minimum absolute atomic E-state index is 0.126. The van der Waals surface area contributed by atoms with Crippen LogP contribution in [-0.2, 0) is 4.74 Å². The Kier molecular flexibility index (Phi) is 7.25. The molecule has 0 aromatic carbocycles. The summed E-state index contributed by atoms with van der Waals surface area (Å²) in [5, 5.41) is 1.16. The summed E-state index contributed by atoms with van der Waals surface area (Å²) in [6.45, 7) is 10.8. The highest BCUT2D eigenvalue weighted by atomic mass is 32.1. The van der Waals surface area contributed by atoms with Gasteiger partial charge in [-0.2, -0.15) is 0 Å². The van der Waals surface area contributed by atoms with E-state index >= 15 is 0 Å².